The molecule has 3 N–H and O–H groups in total. The van der Waals surface area contributed by atoms with Gasteiger partial charge in [-0.2, -0.15) is 0 Å². The minimum absolute atomic E-state index is 0.0187. The zero-order valence-corrected chi connectivity index (χ0v) is 25.4. The minimum Gasteiger partial charge on any atom is -0.481 e. The molecule has 1 fully saturated rings. The summed E-state index contributed by atoms with van der Waals surface area (Å²) in [4.78, 5) is 22.8. The van der Waals surface area contributed by atoms with E-state index in [-0.39, 0.29) is 43.5 Å². The third kappa shape index (κ3) is 7.92. The molecule has 11 heteroatoms. The van der Waals surface area contributed by atoms with Gasteiger partial charge < -0.3 is 29.6 Å². The van der Waals surface area contributed by atoms with E-state index in [4.69, 9.17) is 14.6 Å². The molecule has 0 saturated carbocycles. The van der Waals surface area contributed by atoms with Crippen LogP contribution >= 0.6 is 11.8 Å². The summed E-state index contributed by atoms with van der Waals surface area (Å²) in [5.41, 5.74) is 5.59. The number of aliphatic hydroxyl groups excluding tert-OH is 1. The topological polar surface area (TPSA) is 136 Å². The number of aryl methyl sites for hydroxylation is 1. The number of rotatable bonds is 12. The molecule has 230 valence electrons. The molecule has 0 unspecified atom stereocenters. The Kier molecular flexibility index (Phi) is 10.4. The van der Waals surface area contributed by atoms with Crippen LogP contribution in [0.2, 0.25) is 0 Å². The molecule has 0 spiro atoms. The minimum atomic E-state index is -0.996. The van der Waals surface area contributed by atoms with E-state index in [0.717, 1.165) is 38.5 Å². The molecule has 1 aromatic heterocycles. The number of aromatic nitrogens is 3. The van der Waals surface area contributed by atoms with Gasteiger partial charge in [0, 0.05) is 37.2 Å². The van der Waals surface area contributed by atoms with E-state index in [2.05, 4.69) is 28.5 Å². The zero-order valence-electron chi connectivity index (χ0n) is 24.6. The second-order valence-electron chi connectivity index (χ2n) is 10.9. The molecule has 0 aliphatic carbocycles. The molecule has 1 aliphatic rings. The van der Waals surface area contributed by atoms with Crippen molar-refractivity contribution < 1.29 is 29.3 Å². The smallest absolute Gasteiger partial charge is 0.303 e. The van der Waals surface area contributed by atoms with Crippen LogP contribution in [0.25, 0.3) is 11.1 Å². The molecule has 2 heterocycles. The summed E-state index contributed by atoms with van der Waals surface area (Å²) in [6, 6.07) is 23.8. The molecule has 0 radical (unpaired) electrons. The molecule has 4 aromatic rings. The fraction of sp³-hybridized carbons (Fsp3) is 0.333. The number of benzene rings is 3. The van der Waals surface area contributed by atoms with Gasteiger partial charge in [0.15, 0.2) is 11.4 Å². The molecular formula is C33H36N4O6S. The van der Waals surface area contributed by atoms with Crippen molar-refractivity contribution in [2.24, 2.45) is 13.0 Å². The highest BCUT2D eigenvalue weighted by Gasteiger charge is 2.38. The van der Waals surface area contributed by atoms with Crippen molar-refractivity contribution in [1.82, 2.24) is 20.1 Å². The molecule has 5 rings (SSSR count). The number of carboxylic acid groups (broad SMARTS) is 1. The first-order valence-corrected chi connectivity index (χ1v) is 15.4. The molecule has 44 heavy (non-hydrogen) atoms. The first-order chi connectivity index (χ1) is 21.3. The average Bonchev–Trinajstić information content (AvgIpc) is 3.46. The molecule has 4 atom stereocenters. The summed E-state index contributed by atoms with van der Waals surface area (Å²) in [5, 5.41) is 30.1. The maximum atomic E-state index is 12.0. The highest BCUT2D eigenvalue weighted by molar-refractivity contribution is 7.99. The third-order valence-electron chi connectivity index (χ3n) is 7.64. The number of carbonyl (C=O) groups is 2. The lowest BCUT2D eigenvalue weighted by atomic mass is 9.91. The van der Waals surface area contributed by atoms with Crippen LogP contribution in [0.1, 0.15) is 54.4 Å². The molecule has 3 aromatic carbocycles. The zero-order chi connectivity index (χ0) is 31.1. The fourth-order valence-corrected chi connectivity index (χ4v) is 6.16. The van der Waals surface area contributed by atoms with Gasteiger partial charge in [-0.25, -0.2) is 0 Å². The first kappa shape index (κ1) is 31.4. The second kappa shape index (κ2) is 14.6. The summed E-state index contributed by atoms with van der Waals surface area (Å²) >= 11 is 1.59. The maximum Gasteiger partial charge on any atom is 0.303 e. The monoisotopic (exact) mass is 616 g/mol. The number of aliphatic hydroxyl groups is 1. The number of aliphatic carboxylic acids is 1. The Hall–Kier alpha value is -4.03. The normalized spacial score (nSPS) is 19.9. The summed E-state index contributed by atoms with van der Waals surface area (Å²) in [6.07, 6.45) is 0.436. The lowest BCUT2D eigenvalue weighted by Crippen LogP contribution is -2.38. The molecule has 0 bridgehead atoms. The van der Waals surface area contributed by atoms with Gasteiger partial charge in [0.2, 0.25) is 5.91 Å². The van der Waals surface area contributed by atoms with Gasteiger partial charge in [-0.3, -0.25) is 9.59 Å². The predicted octanol–water partition coefficient (Wildman–Crippen LogP) is 5.04. The largest absolute Gasteiger partial charge is 0.481 e. The van der Waals surface area contributed by atoms with Crippen molar-refractivity contribution in [1.29, 1.82) is 0 Å². The van der Waals surface area contributed by atoms with Gasteiger partial charge in [-0.05, 0) is 39.9 Å². The summed E-state index contributed by atoms with van der Waals surface area (Å²) in [6.45, 7) is 2.42. The fourth-order valence-electron chi connectivity index (χ4n) is 5.11. The van der Waals surface area contributed by atoms with Crippen LogP contribution in [0.4, 0.5) is 0 Å². The number of carboxylic acids is 1. The van der Waals surface area contributed by atoms with Crippen LogP contribution in [-0.4, -0.2) is 48.7 Å². The average molecular weight is 617 g/mol. The second-order valence-corrected chi connectivity index (χ2v) is 11.8. The lowest BCUT2D eigenvalue weighted by Gasteiger charge is -2.41. The van der Waals surface area contributed by atoms with Crippen molar-refractivity contribution in [2.45, 2.75) is 56.6 Å². The number of hydrogen-bond donors (Lipinski definition) is 3. The van der Waals surface area contributed by atoms with Gasteiger partial charge in [0.05, 0.1) is 25.2 Å². The van der Waals surface area contributed by atoms with E-state index in [1.807, 2.05) is 78.3 Å². The first-order valence-electron chi connectivity index (χ1n) is 14.5. The lowest BCUT2D eigenvalue weighted by molar-refractivity contribution is -0.268. The van der Waals surface area contributed by atoms with E-state index in [9.17, 15) is 14.7 Å². The molecular weight excluding hydrogens is 580 g/mol. The van der Waals surface area contributed by atoms with Crippen LogP contribution in [0, 0.1) is 5.92 Å². The van der Waals surface area contributed by atoms with Crippen molar-refractivity contribution >= 4 is 23.6 Å². The van der Waals surface area contributed by atoms with E-state index < -0.39 is 12.3 Å². The highest BCUT2D eigenvalue weighted by atomic mass is 32.2. The number of carbonyl (C=O) groups excluding carboxylic acids is 1. The van der Waals surface area contributed by atoms with E-state index >= 15 is 0 Å². The number of thioether (sulfide) groups is 1. The summed E-state index contributed by atoms with van der Waals surface area (Å²) in [5.74, 6) is -0.590. The third-order valence-corrected chi connectivity index (χ3v) is 8.77. The Morgan fingerprint density at radius 1 is 0.955 bits per heavy atom. The Bertz CT molecular complexity index is 1580. The highest BCUT2D eigenvalue weighted by Crippen LogP contribution is 2.43. The molecule has 1 saturated heterocycles. The predicted molar refractivity (Wildman–Crippen MR) is 165 cm³/mol. The quantitative estimate of drug-likeness (QED) is 0.187. The Morgan fingerprint density at radius 2 is 1.70 bits per heavy atom. The van der Waals surface area contributed by atoms with Gasteiger partial charge in [0.25, 0.3) is 0 Å². The van der Waals surface area contributed by atoms with Gasteiger partial charge >= 0.3 is 5.97 Å². The molecule has 1 amide bonds. The number of nitrogens with zero attached hydrogens (tertiary/aromatic N) is 3. The summed E-state index contributed by atoms with van der Waals surface area (Å²) < 4.78 is 15.1. The number of ether oxygens (including phenoxy) is 2. The van der Waals surface area contributed by atoms with E-state index in [1.54, 1.807) is 18.1 Å². The Balaban J connectivity index is 1.36. The van der Waals surface area contributed by atoms with Crippen molar-refractivity contribution in [3.05, 3.63) is 101 Å². The van der Waals surface area contributed by atoms with E-state index in [0.29, 0.717) is 12.3 Å². The molecule has 10 nitrogen and oxygen atoms in total. The van der Waals surface area contributed by atoms with Crippen LogP contribution in [0.3, 0.4) is 0 Å². The Morgan fingerprint density at radius 3 is 2.41 bits per heavy atom. The van der Waals surface area contributed by atoms with E-state index in [1.165, 1.54) is 0 Å². The molecule has 1 aliphatic heterocycles. The van der Waals surface area contributed by atoms with Crippen LogP contribution in [0.15, 0.2) is 84.3 Å². The van der Waals surface area contributed by atoms with Gasteiger partial charge in [0.1, 0.15) is 6.33 Å². The number of nitrogens with one attached hydrogen (secondary N) is 1. The standard InChI is InChI=1S/C33H36N4O6S/c1-21-28(19-44-33-36-35-20-37(33)2)42-32(43-31(21)24-11-9-22(18-38)10-12-24)27-8-4-7-26(16-27)25-6-3-5-23(15-25)17-34-29(39)13-14-30(40)41/h3-12,15-16,20-21,28,31-32,38H,13-14,17-19H2,1-2H3,(H,34,39)(H,40,41)/t21-,28+,31+,32+/m0/s1. The SMILES string of the molecule is C[C@H]1[C@@H](CSc2nncn2C)O[C@@H](c2cccc(-c3cccc(CNC(=O)CCC(=O)O)c3)c2)O[C@H]1c1ccc(CO)cc1. The van der Waals surface area contributed by atoms with Crippen LogP contribution in [-0.2, 0) is 39.3 Å². The van der Waals surface area contributed by atoms with Crippen LogP contribution in [0.5, 0.6) is 0 Å². The van der Waals surface area contributed by atoms with Crippen LogP contribution < -0.4 is 5.32 Å². The van der Waals surface area contributed by atoms with Gasteiger partial charge in [-0.15, -0.1) is 10.2 Å². The number of amides is 1. The van der Waals surface area contributed by atoms with Crippen molar-refractivity contribution in [3.63, 3.8) is 0 Å². The number of hydrogen-bond acceptors (Lipinski definition) is 8. The van der Waals surface area contributed by atoms with Gasteiger partial charge in [-0.1, -0.05) is 79.3 Å². The Labute approximate surface area is 260 Å². The van der Waals surface area contributed by atoms with Crippen molar-refractivity contribution in [2.75, 3.05) is 5.75 Å². The summed E-state index contributed by atoms with van der Waals surface area (Å²) in [7, 11) is 1.92. The maximum absolute atomic E-state index is 12.0. The van der Waals surface area contributed by atoms with Crippen molar-refractivity contribution in [3.8, 4) is 11.1 Å².